The number of thiazole rings is 1. The summed E-state index contributed by atoms with van der Waals surface area (Å²) in [6.45, 7) is 8.84. The Labute approximate surface area is 148 Å². The van der Waals surface area contributed by atoms with E-state index in [1.54, 1.807) is 17.6 Å². The summed E-state index contributed by atoms with van der Waals surface area (Å²) in [6, 6.07) is 3.91. The van der Waals surface area contributed by atoms with Gasteiger partial charge in [0.05, 0.1) is 18.5 Å². The van der Waals surface area contributed by atoms with Crippen molar-refractivity contribution in [1.82, 2.24) is 15.6 Å². The second-order valence-corrected chi connectivity index (χ2v) is 6.96. The molecule has 0 spiro atoms. The van der Waals surface area contributed by atoms with Gasteiger partial charge in [-0.1, -0.05) is 27.2 Å². The van der Waals surface area contributed by atoms with Crippen LogP contribution >= 0.6 is 11.3 Å². The second-order valence-electron chi connectivity index (χ2n) is 6.02. The zero-order valence-electron chi connectivity index (χ0n) is 14.8. The quantitative estimate of drug-likeness (QED) is 0.409. The van der Waals surface area contributed by atoms with Crippen molar-refractivity contribution in [2.24, 2.45) is 4.99 Å². The first kappa shape index (κ1) is 18.5. The van der Waals surface area contributed by atoms with Crippen molar-refractivity contribution in [3.8, 4) is 0 Å². The van der Waals surface area contributed by atoms with Crippen LogP contribution in [-0.2, 0) is 13.0 Å². The molecule has 0 unspecified atom stereocenters. The minimum absolute atomic E-state index is 0.465. The molecule has 0 radical (unpaired) electrons. The van der Waals surface area contributed by atoms with Crippen LogP contribution in [0.15, 0.2) is 33.2 Å². The number of furan rings is 1. The number of aliphatic imine (C=N–C) groups is 1. The Balaban J connectivity index is 1.87. The summed E-state index contributed by atoms with van der Waals surface area (Å²) < 4.78 is 5.36. The molecule has 2 N–H and O–H groups in total. The number of guanidine groups is 1. The molecular formula is C18H28N4OS. The van der Waals surface area contributed by atoms with Crippen molar-refractivity contribution in [1.29, 1.82) is 0 Å². The van der Waals surface area contributed by atoms with Crippen molar-refractivity contribution >= 4 is 17.3 Å². The monoisotopic (exact) mass is 348 g/mol. The molecule has 24 heavy (non-hydrogen) atoms. The first-order chi connectivity index (χ1) is 11.7. The van der Waals surface area contributed by atoms with Gasteiger partial charge < -0.3 is 15.1 Å². The summed E-state index contributed by atoms with van der Waals surface area (Å²) in [5, 5.41) is 9.94. The van der Waals surface area contributed by atoms with Gasteiger partial charge in [-0.15, -0.1) is 11.3 Å². The zero-order valence-corrected chi connectivity index (χ0v) is 15.7. The van der Waals surface area contributed by atoms with Crippen LogP contribution in [0.4, 0.5) is 0 Å². The molecule has 0 amide bonds. The third-order valence-electron chi connectivity index (χ3n) is 3.60. The van der Waals surface area contributed by atoms with E-state index in [1.807, 2.05) is 12.1 Å². The molecule has 0 atom stereocenters. The maximum Gasteiger partial charge on any atom is 0.191 e. The van der Waals surface area contributed by atoms with E-state index in [9.17, 15) is 0 Å². The van der Waals surface area contributed by atoms with Crippen LogP contribution in [0, 0.1) is 0 Å². The molecule has 2 heterocycles. The third-order valence-corrected chi connectivity index (χ3v) is 4.45. The molecule has 6 heteroatoms. The number of nitrogens with zero attached hydrogens (tertiary/aromatic N) is 2. The fourth-order valence-corrected chi connectivity index (χ4v) is 3.01. The fraction of sp³-hybridized carbons (Fsp3) is 0.556. The molecule has 0 saturated carbocycles. The summed E-state index contributed by atoms with van der Waals surface area (Å²) >= 11 is 1.68. The van der Waals surface area contributed by atoms with E-state index < -0.39 is 0 Å². The fourth-order valence-electron chi connectivity index (χ4n) is 2.13. The van der Waals surface area contributed by atoms with E-state index >= 15 is 0 Å². The lowest BCUT2D eigenvalue weighted by molar-refractivity contribution is 0.506. The van der Waals surface area contributed by atoms with E-state index in [-0.39, 0.29) is 0 Å². The van der Waals surface area contributed by atoms with Crippen molar-refractivity contribution < 1.29 is 4.42 Å². The lowest BCUT2D eigenvalue weighted by atomic mass is 10.2. The highest BCUT2D eigenvalue weighted by molar-refractivity contribution is 7.09. The number of nitrogens with one attached hydrogen (secondary N) is 2. The van der Waals surface area contributed by atoms with E-state index in [2.05, 4.69) is 46.8 Å². The summed E-state index contributed by atoms with van der Waals surface area (Å²) in [5.74, 6) is 2.29. The van der Waals surface area contributed by atoms with Crippen LogP contribution in [0.5, 0.6) is 0 Å². The molecular weight excluding hydrogens is 320 g/mol. The third kappa shape index (κ3) is 6.35. The Hall–Kier alpha value is -1.82. The normalized spacial score (nSPS) is 11.9. The summed E-state index contributed by atoms with van der Waals surface area (Å²) in [7, 11) is 0. The van der Waals surface area contributed by atoms with Crippen LogP contribution in [0.2, 0.25) is 0 Å². The van der Waals surface area contributed by atoms with Gasteiger partial charge in [-0.05, 0) is 24.5 Å². The number of aromatic nitrogens is 1. The first-order valence-electron chi connectivity index (χ1n) is 8.68. The average molecular weight is 349 g/mol. The molecule has 0 aliphatic heterocycles. The SMILES string of the molecule is CCCCNC(=NCc1nc(C(C)C)cs1)NCCc1ccco1. The minimum atomic E-state index is 0.465. The van der Waals surface area contributed by atoms with Crippen molar-refractivity contribution in [3.63, 3.8) is 0 Å². The molecule has 2 rings (SSSR count). The Bertz CT molecular complexity index is 604. The minimum Gasteiger partial charge on any atom is -0.469 e. The molecule has 0 aliphatic rings. The zero-order chi connectivity index (χ0) is 17.2. The number of hydrogen-bond acceptors (Lipinski definition) is 4. The number of unbranched alkanes of at least 4 members (excludes halogenated alkanes) is 1. The van der Waals surface area contributed by atoms with Gasteiger partial charge >= 0.3 is 0 Å². The summed E-state index contributed by atoms with van der Waals surface area (Å²) in [5.41, 5.74) is 1.15. The van der Waals surface area contributed by atoms with Gasteiger partial charge in [0.15, 0.2) is 5.96 Å². The van der Waals surface area contributed by atoms with Crippen LogP contribution in [-0.4, -0.2) is 24.0 Å². The highest BCUT2D eigenvalue weighted by atomic mass is 32.1. The van der Waals surface area contributed by atoms with Crippen LogP contribution in [0.25, 0.3) is 0 Å². The largest absolute Gasteiger partial charge is 0.469 e. The lowest BCUT2D eigenvalue weighted by Crippen LogP contribution is -2.38. The first-order valence-corrected chi connectivity index (χ1v) is 9.56. The van der Waals surface area contributed by atoms with Gasteiger partial charge in [0.25, 0.3) is 0 Å². The van der Waals surface area contributed by atoms with Crippen molar-refractivity contribution in [2.45, 2.75) is 52.5 Å². The van der Waals surface area contributed by atoms with Crippen LogP contribution < -0.4 is 10.6 Å². The summed E-state index contributed by atoms with van der Waals surface area (Å²) in [4.78, 5) is 9.31. The second kappa shape index (κ2) is 10.1. The standard InChI is InChI=1S/C18H28N4OS/c1-4-5-9-19-18(20-10-8-15-7-6-11-23-15)21-12-17-22-16(13-24-17)14(2)3/h6-7,11,13-14H,4-5,8-10,12H2,1-3H3,(H2,19,20,21). The van der Waals surface area contributed by atoms with E-state index in [4.69, 9.17) is 4.42 Å². The predicted octanol–water partition coefficient (Wildman–Crippen LogP) is 3.94. The van der Waals surface area contributed by atoms with E-state index in [0.29, 0.717) is 12.5 Å². The summed E-state index contributed by atoms with van der Waals surface area (Å²) in [6.07, 6.45) is 4.85. The van der Waals surface area contributed by atoms with Gasteiger partial charge in [-0.2, -0.15) is 0 Å². The maximum absolute atomic E-state index is 5.36. The molecule has 0 fully saturated rings. The Kier molecular flexibility index (Phi) is 7.82. The molecule has 0 saturated heterocycles. The predicted molar refractivity (Wildman–Crippen MR) is 101 cm³/mol. The van der Waals surface area contributed by atoms with Crippen LogP contribution in [0.3, 0.4) is 0 Å². The van der Waals surface area contributed by atoms with Gasteiger partial charge in [0.1, 0.15) is 10.8 Å². The van der Waals surface area contributed by atoms with Crippen molar-refractivity contribution in [2.75, 3.05) is 13.1 Å². The molecule has 2 aromatic rings. The highest BCUT2D eigenvalue weighted by Gasteiger charge is 2.06. The Morgan fingerprint density at radius 2 is 2.17 bits per heavy atom. The molecule has 0 aromatic carbocycles. The van der Waals surface area contributed by atoms with Gasteiger partial charge in [0, 0.05) is 24.9 Å². The molecule has 0 aliphatic carbocycles. The maximum atomic E-state index is 5.36. The molecule has 132 valence electrons. The smallest absolute Gasteiger partial charge is 0.191 e. The molecule has 5 nitrogen and oxygen atoms in total. The van der Waals surface area contributed by atoms with Crippen LogP contribution in [0.1, 0.15) is 56.0 Å². The molecule has 2 aromatic heterocycles. The number of rotatable bonds is 9. The van der Waals surface area contributed by atoms with Gasteiger partial charge in [-0.3, -0.25) is 0 Å². The van der Waals surface area contributed by atoms with Gasteiger partial charge in [-0.25, -0.2) is 9.98 Å². The van der Waals surface area contributed by atoms with Gasteiger partial charge in [0.2, 0.25) is 0 Å². The number of hydrogen-bond donors (Lipinski definition) is 2. The lowest BCUT2D eigenvalue weighted by Gasteiger charge is -2.11. The Morgan fingerprint density at radius 1 is 1.33 bits per heavy atom. The van der Waals surface area contributed by atoms with E-state index in [1.165, 1.54) is 0 Å². The van der Waals surface area contributed by atoms with Crippen molar-refractivity contribution in [3.05, 3.63) is 40.2 Å². The average Bonchev–Trinajstić information content (AvgIpc) is 3.24. The topological polar surface area (TPSA) is 62.5 Å². The Morgan fingerprint density at radius 3 is 2.83 bits per heavy atom. The highest BCUT2D eigenvalue weighted by Crippen LogP contribution is 2.18. The molecule has 0 bridgehead atoms. The van der Waals surface area contributed by atoms with E-state index in [0.717, 1.165) is 54.8 Å².